The Labute approximate surface area is 136 Å². The Morgan fingerprint density at radius 2 is 2.17 bits per heavy atom. The SMILES string of the molecule is CCOCNN(C)Cc1ccc(O)c(/C=N/NC(=O)OCC)c1. The number of aromatic hydroxyl groups is 1. The van der Waals surface area contributed by atoms with Gasteiger partial charge in [0.25, 0.3) is 0 Å². The van der Waals surface area contributed by atoms with E-state index >= 15 is 0 Å². The number of benzene rings is 1. The molecule has 0 bridgehead atoms. The third-order valence-corrected chi connectivity index (χ3v) is 2.79. The lowest BCUT2D eigenvalue weighted by Gasteiger charge is -2.18. The van der Waals surface area contributed by atoms with E-state index in [4.69, 9.17) is 4.74 Å². The van der Waals surface area contributed by atoms with Gasteiger partial charge >= 0.3 is 6.09 Å². The maximum atomic E-state index is 11.1. The number of ether oxygens (including phenoxy) is 2. The number of carbonyl (C=O) groups is 1. The predicted molar refractivity (Wildman–Crippen MR) is 87.0 cm³/mol. The minimum Gasteiger partial charge on any atom is -0.507 e. The molecule has 0 aliphatic rings. The summed E-state index contributed by atoms with van der Waals surface area (Å²) >= 11 is 0. The molecule has 0 unspecified atom stereocenters. The lowest BCUT2D eigenvalue weighted by molar-refractivity contribution is 0.0647. The second kappa shape index (κ2) is 10.5. The Hall–Kier alpha value is -2.16. The molecule has 0 saturated carbocycles. The molecule has 0 saturated heterocycles. The zero-order chi connectivity index (χ0) is 17.1. The topological polar surface area (TPSA) is 95.4 Å². The van der Waals surface area contributed by atoms with Gasteiger partial charge in [-0.1, -0.05) is 6.07 Å². The molecule has 0 aliphatic heterocycles. The molecule has 1 aromatic rings. The Bertz CT molecular complexity index is 522. The van der Waals surface area contributed by atoms with E-state index in [1.165, 1.54) is 6.21 Å². The zero-order valence-electron chi connectivity index (χ0n) is 13.7. The number of amides is 1. The van der Waals surface area contributed by atoms with E-state index in [-0.39, 0.29) is 12.4 Å². The van der Waals surface area contributed by atoms with Crippen LogP contribution >= 0.6 is 0 Å². The monoisotopic (exact) mass is 324 g/mol. The number of nitrogens with zero attached hydrogens (tertiary/aromatic N) is 2. The first-order chi connectivity index (χ1) is 11.1. The number of hydrazine groups is 1. The fraction of sp³-hybridized carbons (Fsp3) is 0.467. The fourth-order valence-corrected chi connectivity index (χ4v) is 1.71. The molecule has 8 heteroatoms. The molecule has 0 aromatic heterocycles. The summed E-state index contributed by atoms with van der Waals surface area (Å²) in [5, 5.41) is 15.4. The van der Waals surface area contributed by atoms with Gasteiger partial charge in [0.2, 0.25) is 0 Å². The van der Waals surface area contributed by atoms with Crippen LogP contribution in [0.2, 0.25) is 0 Å². The van der Waals surface area contributed by atoms with Gasteiger partial charge < -0.3 is 14.6 Å². The summed E-state index contributed by atoms with van der Waals surface area (Å²) in [5.41, 5.74) is 6.75. The lowest BCUT2D eigenvalue weighted by Crippen LogP contribution is -2.35. The number of phenols is 1. The molecule has 0 spiro atoms. The van der Waals surface area contributed by atoms with Gasteiger partial charge in [-0.15, -0.1) is 0 Å². The third kappa shape index (κ3) is 7.59. The van der Waals surface area contributed by atoms with Crippen LogP contribution in [0.5, 0.6) is 5.75 Å². The molecule has 128 valence electrons. The van der Waals surface area contributed by atoms with E-state index in [0.717, 1.165) is 5.56 Å². The molecule has 1 aromatic carbocycles. The Kier molecular flexibility index (Phi) is 8.66. The molecular weight excluding hydrogens is 300 g/mol. The van der Waals surface area contributed by atoms with Crippen molar-refractivity contribution < 1.29 is 19.4 Å². The van der Waals surface area contributed by atoms with Crippen LogP contribution < -0.4 is 10.9 Å². The second-order valence-electron chi connectivity index (χ2n) is 4.63. The molecule has 0 atom stereocenters. The van der Waals surface area contributed by atoms with Gasteiger partial charge in [-0.3, -0.25) is 0 Å². The molecular formula is C15H24N4O4. The first kappa shape index (κ1) is 18.9. The van der Waals surface area contributed by atoms with Crippen molar-refractivity contribution in [3.63, 3.8) is 0 Å². The van der Waals surface area contributed by atoms with Crippen LogP contribution in [0.25, 0.3) is 0 Å². The highest BCUT2D eigenvalue weighted by Crippen LogP contribution is 2.17. The van der Waals surface area contributed by atoms with Crippen molar-refractivity contribution in [2.75, 3.05) is 27.0 Å². The van der Waals surface area contributed by atoms with Crippen molar-refractivity contribution in [3.05, 3.63) is 29.3 Å². The molecule has 1 amide bonds. The highest BCUT2D eigenvalue weighted by molar-refractivity contribution is 5.84. The summed E-state index contributed by atoms with van der Waals surface area (Å²) in [5.74, 6) is 0.0769. The molecule has 8 nitrogen and oxygen atoms in total. The molecule has 0 radical (unpaired) electrons. The minimum absolute atomic E-state index is 0.0769. The number of hydrazone groups is 1. The van der Waals surface area contributed by atoms with Gasteiger partial charge in [0, 0.05) is 25.8 Å². The van der Waals surface area contributed by atoms with Crippen molar-refractivity contribution in [3.8, 4) is 5.75 Å². The van der Waals surface area contributed by atoms with Gasteiger partial charge in [0.15, 0.2) is 0 Å². The van der Waals surface area contributed by atoms with Crippen LogP contribution in [-0.2, 0) is 16.0 Å². The van der Waals surface area contributed by atoms with Crippen molar-refractivity contribution in [1.29, 1.82) is 0 Å². The quantitative estimate of drug-likeness (QED) is 0.275. The normalized spacial score (nSPS) is 11.1. The van der Waals surface area contributed by atoms with Crippen LogP contribution in [0.4, 0.5) is 4.79 Å². The van der Waals surface area contributed by atoms with Gasteiger partial charge in [0.05, 0.1) is 12.8 Å². The first-order valence-corrected chi connectivity index (χ1v) is 7.36. The molecule has 0 aliphatic carbocycles. The summed E-state index contributed by atoms with van der Waals surface area (Å²) in [7, 11) is 1.89. The minimum atomic E-state index is -0.640. The van der Waals surface area contributed by atoms with Gasteiger partial charge in [-0.25, -0.2) is 20.7 Å². The van der Waals surface area contributed by atoms with Crippen molar-refractivity contribution in [2.24, 2.45) is 5.10 Å². The number of rotatable bonds is 9. The van der Waals surface area contributed by atoms with E-state index in [2.05, 4.69) is 20.7 Å². The first-order valence-electron chi connectivity index (χ1n) is 7.36. The van der Waals surface area contributed by atoms with Gasteiger partial charge in [-0.2, -0.15) is 5.10 Å². The van der Waals surface area contributed by atoms with Crippen LogP contribution in [0, 0.1) is 0 Å². The van der Waals surface area contributed by atoms with Gasteiger partial charge in [-0.05, 0) is 31.5 Å². The Balaban J connectivity index is 2.60. The maximum Gasteiger partial charge on any atom is 0.427 e. The molecule has 3 N–H and O–H groups in total. The van der Waals surface area contributed by atoms with E-state index in [1.807, 2.05) is 25.0 Å². The molecule has 0 fully saturated rings. The van der Waals surface area contributed by atoms with Crippen LogP contribution in [0.3, 0.4) is 0 Å². The highest BCUT2D eigenvalue weighted by Gasteiger charge is 2.04. The van der Waals surface area contributed by atoms with E-state index in [0.29, 0.717) is 25.4 Å². The molecule has 23 heavy (non-hydrogen) atoms. The second-order valence-corrected chi connectivity index (χ2v) is 4.63. The number of hydrogen-bond donors (Lipinski definition) is 3. The number of hydrogen-bond acceptors (Lipinski definition) is 7. The zero-order valence-corrected chi connectivity index (χ0v) is 13.7. The lowest BCUT2D eigenvalue weighted by atomic mass is 10.1. The number of phenolic OH excluding ortho intramolecular Hbond substituents is 1. The van der Waals surface area contributed by atoms with Gasteiger partial charge in [0.1, 0.15) is 12.5 Å². The summed E-state index contributed by atoms with van der Waals surface area (Å²) in [6.45, 7) is 5.59. The van der Waals surface area contributed by atoms with E-state index in [1.54, 1.807) is 19.1 Å². The average molecular weight is 324 g/mol. The predicted octanol–water partition coefficient (Wildman–Crippen LogP) is 1.40. The number of carbonyl (C=O) groups excluding carboxylic acids is 1. The van der Waals surface area contributed by atoms with E-state index < -0.39 is 6.09 Å². The third-order valence-electron chi connectivity index (χ3n) is 2.79. The Morgan fingerprint density at radius 3 is 2.87 bits per heavy atom. The standard InChI is InChI=1S/C15H24N4O4/c1-4-22-11-17-19(3)10-12-6-7-14(20)13(8-12)9-16-18-15(21)23-5-2/h6-9,17,20H,4-5,10-11H2,1-3H3,(H,18,21)/b16-9+. The summed E-state index contributed by atoms with van der Waals surface area (Å²) < 4.78 is 9.89. The Morgan fingerprint density at radius 1 is 1.39 bits per heavy atom. The van der Waals surface area contributed by atoms with Crippen LogP contribution in [0.15, 0.2) is 23.3 Å². The molecule has 0 heterocycles. The summed E-state index contributed by atoms with van der Waals surface area (Å²) in [6, 6.07) is 5.17. The largest absolute Gasteiger partial charge is 0.507 e. The molecule has 1 rings (SSSR count). The maximum absolute atomic E-state index is 11.1. The van der Waals surface area contributed by atoms with Crippen LogP contribution in [-0.4, -0.2) is 49.4 Å². The summed E-state index contributed by atoms with van der Waals surface area (Å²) in [6.07, 6.45) is 0.725. The van der Waals surface area contributed by atoms with E-state index in [9.17, 15) is 9.90 Å². The van der Waals surface area contributed by atoms with Crippen molar-refractivity contribution >= 4 is 12.3 Å². The van der Waals surface area contributed by atoms with Crippen molar-refractivity contribution in [2.45, 2.75) is 20.4 Å². The smallest absolute Gasteiger partial charge is 0.427 e. The fourth-order valence-electron chi connectivity index (χ4n) is 1.71. The van der Waals surface area contributed by atoms with Crippen molar-refractivity contribution in [1.82, 2.24) is 15.9 Å². The highest BCUT2D eigenvalue weighted by atomic mass is 16.5. The average Bonchev–Trinajstić information content (AvgIpc) is 2.51. The summed E-state index contributed by atoms with van der Waals surface area (Å²) in [4.78, 5) is 11.1. The number of nitrogens with one attached hydrogen (secondary N) is 2. The van der Waals surface area contributed by atoms with Crippen LogP contribution in [0.1, 0.15) is 25.0 Å².